The van der Waals surface area contributed by atoms with Gasteiger partial charge in [-0.2, -0.15) is 4.98 Å². The van der Waals surface area contributed by atoms with Crippen LogP contribution in [-0.2, 0) is 26.0 Å². The molecular weight excluding hydrogens is 470 g/mol. The number of piperazine rings is 1. The fourth-order valence-corrected chi connectivity index (χ4v) is 4.64. The summed E-state index contributed by atoms with van der Waals surface area (Å²) in [6.07, 6.45) is 7.99. The Hall–Kier alpha value is -3.80. The summed E-state index contributed by atoms with van der Waals surface area (Å²) in [4.78, 5) is 41.9. The number of anilines is 1. The van der Waals surface area contributed by atoms with Gasteiger partial charge in [0, 0.05) is 64.4 Å². The number of nitrogens with zero attached hydrogens (tertiary/aromatic N) is 6. The molecule has 3 heterocycles. The van der Waals surface area contributed by atoms with Crippen LogP contribution in [0.3, 0.4) is 0 Å². The third-order valence-corrected chi connectivity index (χ3v) is 6.97. The molecule has 4 rings (SSSR count). The number of benzene rings is 1. The van der Waals surface area contributed by atoms with Gasteiger partial charge in [0.15, 0.2) is 9.84 Å². The number of carbonyl (C=O) groups excluding carboxylic acids is 2. The Labute approximate surface area is 203 Å². The molecular formula is C23H27N7O4S. The predicted octanol–water partition coefficient (Wildman–Crippen LogP) is 0.809. The van der Waals surface area contributed by atoms with Gasteiger partial charge in [-0.05, 0) is 23.8 Å². The molecule has 11 nitrogen and oxygen atoms in total. The standard InChI is InChI=1S/C23H27N7O4S/c1-17(31)30-12-11-28(21-7-8-25-23(27-21)29-10-9-24-16-29)15-19(30)13-22(32)26-14-18-3-5-20(6-4-18)35(2,33)34/h3-10,16,19H,11-15H2,1-2H3,(H,26,32). The zero-order valence-electron chi connectivity index (χ0n) is 19.5. The van der Waals surface area contributed by atoms with Crippen molar-refractivity contribution in [2.75, 3.05) is 30.8 Å². The fraction of sp³-hybridized carbons (Fsp3) is 0.348. The van der Waals surface area contributed by atoms with Crippen LogP contribution in [-0.4, -0.2) is 76.6 Å². The van der Waals surface area contributed by atoms with Gasteiger partial charge >= 0.3 is 0 Å². The summed E-state index contributed by atoms with van der Waals surface area (Å²) in [6, 6.07) is 7.88. The topological polar surface area (TPSA) is 130 Å². The molecule has 2 amide bonds. The van der Waals surface area contributed by atoms with Crippen LogP contribution in [0.25, 0.3) is 5.95 Å². The zero-order chi connectivity index (χ0) is 25.0. The number of nitrogens with one attached hydrogen (secondary N) is 1. The first-order chi connectivity index (χ1) is 16.7. The number of rotatable bonds is 7. The monoisotopic (exact) mass is 497 g/mol. The Morgan fingerprint density at radius 1 is 1.11 bits per heavy atom. The summed E-state index contributed by atoms with van der Waals surface area (Å²) in [7, 11) is -3.27. The van der Waals surface area contributed by atoms with E-state index in [0.717, 1.165) is 11.8 Å². The maximum Gasteiger partial charge on any atom is 0.236 e. The Kier molecular flexibility index (Phi) is 7.10. The van der Waals surface area contributed by atoms with Crippen LogP contribution in [0.5, 0.6) is 0 Å². The quantitative estimate of drug-likeness (QED) is 0.508. The van der Waals surface area contributed by atoms with E-state index in [4.69, 9.17) is 0 Å². The van der Waals surface area contributed by atoms with Crippen molar-refractivity contribution >= 4 is 27.5 Å². The second-order valence-electron chi connectivity index (χ2n) is 8.39. The molecule has 2 aromatic heterocycles. The van der Waals surface area contributed by atoms with Gasteiger partial charge in [-0.25, -0.2) is 18.4 Å². The molecule has 1 aromatic carbocycles. The average molecular weight is 498 g/mol. The highest BCUT2D eigenvalue weighted by Gasteiger charge is 2.31. The summed E-state index contributed by atoms with van der Waals surface area (Å²) < 4.78 is 24.9. The van der Waals surface area contributed by atoms with Gasteiger partial charge in [0.2, 0.25) is 17.8 Å². The van der Waals surface area contributed by atoms with Crippen molar-refractivity contribution in [2.45, 2.75) is 30.8 Å². The summed E-state index contributed by atoms with van der Waals surface area (Å²) >= 11 is 0. The first kappa shape index (κ1) is 24.3. The Balaban J connectivity index is 1.41. The lowest BCUT2D eigenvalue weighted by molar-refractivity contribution is -0.133. The van der Waals surface area contributed by atoms with E-state index in [1.165, 1.54) is 19.1 Å². The van der Waals surface area contributed by atoms with Crippen LogP contribution < -0.4 is 10.2 Å². The van der Waals surface area contributed by atoms with E-state index in [-0.39, 0.29) is 35.7 Å². The van der Waals surface area contributed by atoms with Crippen molar-refractivity contribution < 1.29 is 18.0 Å². The molecule has 35 heavy (non-hydrogen) atoms. The molecule has 1 N–H and O–H groups in total. The van der Waals surface area contributed by atoms with E-state index >= 15 is 0 Å². The van der Waals surface area contributed by atoms with Gasteiger partial charge in [-0.15, -0.1) is 0 Å². The predicted molar refractivity (Wildman–Crippen MR) is 129 cm³/mol. The molecule has 1 aliphatic rings. The summed E-state index contributed by atoms with van der Waals surface area (Å²) in [5, 5.41) is 2.87. The van der Waals surface area contributed by atoms with E-state index in [0.29, 0.717) is 31.4 Å². The molecule has 0 saturated carbocycles. The highest BCUT2D eigenvalue weighted by Crippen LogP contribution is 2.20. The number of aromatic nitrogens is 4. The molecule has 1 fully saturated rings. The molecule has 1 unspecified atom stereocenters. The van der Waals surface area contributed by atoms with Crippen LogP contribution in [0.4, 0.5) is 5.82 Å². The second-order valence-corrected chi connectivity index (χ2v) is 10.4. The number of hydrogen-bond acceptors (Lipinski definition) is 8. The van der Waals surface area contributed by atoms with Crippen LogP contribution in [0.15, 0.2) is 60.1 Å². The molecule has 12 heteroatoms. The largest absolute Gasteiger partial charge is 0.353 e. The van der Waals surface area contributed by atoms with Crippen LogP contribution in [0.1, 0.15) is 18.9 Å². The molecule has 184 valence electrons. The maximum absolute atomic E-state index is 12.7. The van der Waals surface area contributed by atoms with E-state index in [2.05, 4.69) is 20.3 Å². The van der Waals surface area contributed by atoms with E-state index < -0.39 is 9.84 Å². The summed E-state index contributed by atoms with van der Waals surface area (Å²) in [5.41, 5.74) is 0.785. The lowest BCUT2D eigenvalue weighted by Crippen LogP contribution is -2.56. The Morgan fingerprint density at radius 2 is 1.89 bits per heavy atom. The normalized spacial score (nSPS) is 16.2. The molecule has 1 aliphatic heterocycles. The van der Waals surface area contributed by atoms with Crippen LogP contribution in [0, 0.1) is 0 Å². The van der Waals surface area contributed by atoms with Crippen molar-refractivity contribution in [1.29, 1.82) is 0 Å². The fourth-order valence-electron chi connectivity index (χ4n) is 4.01. The molecule has 0 radical (unpaired) electrons. The van der Waals surface area contributed by atoms with E-state index in [9.17, 15) is 18.0 Å². The summed E-state index contributed by atoms with van der Waals surface area (Å²) in [5.74, 6) is 0.922. The van der Waals surface area contributed by atoms with Gasteiger partial charge in [0.25, 0.3) is 0 Å². The van der Waals surface area contributed by atoms with Crippen molar-refractivity contribution in [3.8, 4) is 5.95 Å². The van der Waals surface area contributed by atoms with Crippen molar-refractivity contribution in [1.82, 2.24) is 29.7 Å². The van der Waals surface area contributed by atoms with E-state index in [1.54, 1.807) is 52.6 Å². The van der Waals surface area contributed by atoms with Gasteiger partial charge < -0.3 is 15.1 Å². The zero-order valence-corrected chi connectivity index (χ0v) is 20.4. The van der Waals surface area contributed by atoms with Crippen molar-refractivity contribution in [3.05, 3.63) is 60.8 Å². The number of sulfone groups is 1. The minimum atomic E-state index is -3.27. The molecule has 1 saturated heterocycles. The van der Waals surface area contributed by atoms with Crippen molar-refractivity contribution in [2.24, 2.45) is 0 Å². The Morgan fingerprint density at radius 3 is 2.54 bits per heavy atom. The first-order valence-corrected chi connectivity index (χ1v) is 13.0. The van der Waals surface area contributed by atoms with Crippen molar-refractivity contribution in [3.63, 3.8) is 0 Å². The van der Waals surface area contributed by atoms with Crippen LogP contribution in [0.2, 0.25) is 0 Å². The highest BCUT2D eigenvalue weighted by molar-refractivity contribution is 7.90. The number of hydrogen-bond donors (Lipinski definition) is 1. The lowest BCUT2D eigenvalue weighted by Gasteiger charge is -2.41. The highest BCUT2D eigenvalue weighted by atomic mass is 32.2. The van der Waals surface area contributed by atoms with Gasteiger partial charge in [-0.1, -0.05) is 12.1 Å². The first-order valence-electron chi connectivity index (χ1n) is 11.1. The summed E-state index contributed by atoms with van der Waals surface area (Å²) in [6.45, 7) is 3.29. The molecule has 0 bridgehead atoms. The SMILES string of the molecule is CC(=O)N1CCN(c2ccnc(-n3ccnc3)n2)CC1CC(=O)NCc1ccc(S(C)(=O)=O)cc1. The third-order valence-electron chi connectivity index (χ3n) is 5.84. The maximum atomic E-state index is 12.7. The number of carbonyl (C=O) groups is 2. The Bertz CT molecular complexity index is 1290. The smallest absolute Gasteiger partial charge is 0.236 e. The van der Waals surface area contributed by atoms with Gasteiger partial charge in [0.1, 0.15) is 12.1 Å². The molecule has 3 aromatic rings. The number of amides is 2. The minimum Gasteiger partial charge on any atom is -0.353 e. The average Bonchev–Trinajstić information content (AvgIpc) is 3.37. The van der Waals surface area contributed by atoms with Gasteiger partial charge in [-0.3, -0.25) is 14.2 Å². The van der Waals surface area contributed by atoms with Crippen LogP contribution >= 0.6 is 0 Å². The molecule has 0 spiro atoms. The molecule has 1 atom stereocenters. The lowest BCUT2D eigenvalue weighted by atomic mass is 10.1. The van der Waals surface area contributed by atoms with Gasteiger partial charge in [0.05, 0.1) is 10.9 Å². The number of imidazole rings is 1. The molecule has 0 aliphatic carbocycles. The van der Waals surface area contributed by atoms with E-state index in [1.807, 2.05) is 4.90 Å². The second kappa shape index (κ2) is 10.2. The minimum absolute atomic E-state index is 0.0828. The third kappa shape index (κ3) is 6.01.